The number of aromatic nitrogens is 2. The number of aryl methyl sites for hydroxylation is 1. The summed E-state index contributed by atoms with van der Waals surface area (Å²) in [7, 11) is 1.72. The highest BCUT2D eigenvalue weighted by Gasteiger charge is 2.15. The molecule has 1 amide bonds. The number of halogens is 1. The van der Waals surface area contributed by atoms with Crippen molar-refractivity contribution in [3.05, 3.63) is 45.8 Å². The number of hydrazine groups is 1. The van der Waals surface area contributed by atoms with Crippen LogP contribution in [0.2, 0.25) is 0 Å². The van der Waals surface area contributed by atoms with Crippen LogP contribution < -0.4 is 10.9 Å². The van der Waals surface area contributed by atoms with E-state index in [-0.39, 0.29) is 28.5 Å². The van der Waals surface area contributed by atoms with Gasteiger partial charge in [-0.25, -0.2) is 0 Å². The van der Waals surface area contributed by atoms with Crippen LogP contribution in [-0.4, -0.2) is 25.9 Å². The fourth-order valence-corrected chi connectivity index (χ4v) is 2.39. The van der Waals surface area contributed by atoms with Crippen molar-refractivity contribution in [1.82, 2.24) is 20.6 Å². The number of phenols is 2. The highest BCUT2D eigenvalue weighted by molar-refractivity contribution is 14.1. The Kier molecular flexibility index (Phi) is 4.36. The molecular formula is C13H13IN4O3. The number of benzene rings is 1. The largest absolute Gasteiger partial charge is 0.508 e. The first-order chi connectivity index (χ1) is 9.88. The highest BCUT2D eigenvalue weighted by Crippen LogP contribution is 2.26. The van der Waals surface area contributed by atoms with Crippen molar-refractivity contribution in [3.63, 3.8) is 0 Å². The highest BCUT2D eigenvalue weighted by atomic mass is 127. The van der Waals surface area contributed by atoms with E-state index in [0.29, 0.717) is 3.57 Å². The average Bonchev–Trinajstić information content (AvgIpc) is 2.77. The quantitative estimate of drug-likeness (QED) is 0.353. The summed E-state index contributed by atoms with van der Waals surface area (Å²) in [6.07, 6.45) is 1.71. The van der Waals surface area contributed by atoms with E-state index in [2.05, 4.69) is 22.5 Å². The SMILES string of the molecule is C=C(NNC(=O)c1nn(C)cc1I)c1cc(O)ccc1O. The average molecular weight is 400 g/mol. The van der Waals surface area contributed by atoms with Crippen LogP contribution in [0.1, 0.15) is 16.1 Å². The Morgan fingerprint density at radius 3 is 2.71 bits per heavy atom. The number of nitrogens with zero attached hydrogens (tertiary/aromatic N) is 2. The van der Waals surface area contributed by atoms with Gasteiger partial charge in [0.2, 0.25) is 0 Å². The smallest absolute Gasteiger partial charge is 0.291 e. The first-order valence-corrected chi connectivity index (χ1v) is 6.93. The molecule has 8 heteroatoms. The van der Waals surface area contributed by atoms with Gasteiger partial charge in [0.05, 0.1) is 9.27 Å². The molecule has 0 atom stereocenters. The summed E-state index contributed by atoms with van der Waals surface area (Å²) in [5, 5.41) is 23.1. The third-order valence-electron chi connectivity index (χ3n) is 2.63. The first kappa shape index (κ1) is 15.2. The maximum absolute atomic E-state index is 12.0. The minimum Gasteiger partial charge on any atom is -0.508 e. The van der Waals surface area contributed by atoms with Gasteiger partial charge in [0.25, 0.3) is 5.91 Å². The summed E-state index contributed by atoms with van der Waals surface area (Å²) in [6, 6.07) is 4.02. The lowest BCUT2D eigenvalue weighted by Gasteiger charge is -2.12. The lowest BCUT2D eigenvalue weighted by molar-refractivity contribution is 0.0936. The van der Waals surface area contributed by atoms with E-state index < -0.39 is 5.91 Å². The number of amides is 1. The van der Waals surface area contributed by atoms with Gasteiger partial charge in [0, 0.05) is 18.8 Å². The predicted molar refractivity (Wildman–Crippen MR) is 85.3 cm³/mol. The van der Waals surface area contributed by atoms with Crippen LogP contribution >= 0.6 is 22.6 Å². The van der Waals surface area contributed by atoms with Crippen molar-refractivity contribution in [2.75, 3.05) is 0 Å². The molecule has 1 aromatic carbocycles. The standard InChI is InChI=1S/C13H13IN4O3/c1-7(9-5-8(19)3-4-11(9)20)15-16-13(21)12-10(14)6-18(2)17-12/h3-6,15,19-20H,1H2,2H3,(H,16,21). The van der Waals surface area contributed by atoms with Crippen LogP contribution in [0.15, 0.2) is 31.0 Å². The Bertz CT molecular complexity index is 711. The fraction of sp³-hybridized carbons (Fsp3) is 0.0769. The van der Waals surface area contributed by atoms with Gasteiger partial charge in [-0.15, -0.1) is 0 Å². The Morgan fingerprint density at radius 2 is 2.10 bits per heavy atom. The number of rotatable bonds is 4. The number of hydrogen-bond acceptors (Lipinski definition) is 5. The summed E-state index contributed by atoms with van der Waals surface area (Å²) in [5.74, 6) is -0.510. The molecule has 0 unspecified atom stereocenters. The molecule has 0 saturated heterocycles. The van der Waals surface area contributed by atoms with Crippen molar-refractivity contribution >= 4 is 34.2 Å². The van der Waals surface area contributed by atoms with Crippen molar-refractivity contribution in [2.45, 2.75) is 0 Å². The van der Waals surface area contributed by atoms with Gasteiger partial charge in [-0.1, -0.05) is 6.58 Å². The van der Waals surface area contributed by atoms with Crippen molar-refractivity contribution in [1.29, 1.82) is 0 Å². The Morgan fingerprint density at radius 1 is 1.38 bits per heavy atom. The van der Waals surface area contributed by atoms with Gasteiger partial charge < -0.3 is 10.2 Å². The zero-order chi connectivity index (χ0) is 15.6. The fourth-order valence-electron chi connectivity index (χ4n) is 1.64. The molecule has 4 N–H and O–H groups in total. The Hall–Kier alpha value is -2.23. The van der Waals surface area contributed by atoms with E-state index >= 15 is 0 Å². The number of hydrogen-bond donors (Lipinski definition) is 4. The second-order valence-electron chi connectivity index (χ2n) is 4.26. The van der Waals surface area contributed by atoms with Gasteiger partial charge in [0.15, 0.2) is 5.69 Å². The lowest BCUT2D eigenvalue weighted by Crippen LogP contribution is -2.36. The van der Waals surface area contributed by atoms with Crippen LogP contribution in [-0.2, 0) is 7.05 Å². The molecule has 110 valence electrons. The second kappa shape index (κ2) is 6.04. The molecule has 2 aromatic rings. The van der Waals surface area contributed by atoms with Crippen LogP contribution in [0.25, 0.3) is 5.70 Å². The third-order valence-corrected chi connectivity index (χ3v) is 3.42. The van der Waals surface area contributed by atoms with Gasteiger partial charge >= 0.3 is 0 Å². The van der Waals surface area contributed by atoms with E-state index in [1.807, 2.05) is 22.6 Å². The summed E-state index contributed by atoms with van der Waals surface area (Å²) in [6.45, 7) is 3.70. The number of carbonyl (C=O) groups is 1. The van der Waals surface area contributed by atoms with E-state index in [0.717, 1.165) is 0 Å². The van der Waals surface area contributed by atoms with Crippen molar-refractivity contribution in [2.24, 2.45) is 7.05 Å². The summed E-state index contributed by atoms with van der Waals surface area (Å²) >= 11 is 2.01. The molecular weight excluding hydrogens is 387 g/mol. The Labute approximate surface area is 134 Å². The minimum atomic E-state index is -0.430. The molecule has 0 aliphatic carbocycles. The molecule has 0 bridgehead atoms. The molecule has 0 spiro atoms. The zero-order valence-electron chi connectivity index (χ0n) is 11.1. The van der Waals surface area contributed by atoms with Gasteiger partial charge in [-0.3, -0.25) is 20.3 Å². The van der Waals surface area contributed by atoms with Gasteiger partial charge in [-0.2, -0.15) is 5.10 Å². The molecule has 0 saturated carbocycles. The molecule has 0 aliphatic heterocycles. The van der Waals surface area contributed by atoms with Gasteiger partial charge in [0.1, 0.15) is 11.5 Å². The first-order valence-electron chi connectivity index (χ1n) is 5.85. The Balaban J connectivity index is 2.06. The van der Waals surface area contributed by atoms with Crippen molar-refractivity contribution < 1.29 is 15.0 Å². The van der Waals surface area contributed by atoms with Crippen LogP contribution in [0.3, 0.4) is 0 Å². The topological polar surface area (TPSA) is 99.4 Å². The monoisotopic (exact) mass is 400 g/mol. The van der Waals surface area contributed by atoms with Crippen LogP contribution in [0.5, 0.6) is 11.5 Å². The number of phenolic OH excluding ortho intramolecular Hbond substituents is 2. The number of nitrogens with one attached hydrogen (secondary N) is 2. The molecule has 0 fully saturated rings. The lowest BCUT2D eigenvalue weighted by atomic mass is 10.1. The number of aromatic hydroxyl groups is 2. The molecule has 0 aliphatic rings. The molecule has 1 aromatic heterocycles. The summed E-state index contributed by atoms with van der Waals surface area (Å²) in [5.41, 5.74) is 5.82. The predicted octanol–water partition coefficient (Wildman–Crippen LogP) is 1.34. The normalized spacial score (nSPS) is 10.2. The minimum absolute atomic E-state index is 0.0173. The molecule has 2 rings (SSSR count). The second-order valence-corrected chi connectivity index (χ2v) is 5.42. The van der Waals surface area contributed by atoms with Crippen molar-refractivity contribution in [3.8, 4) is 11.5 Å². The summed E-state index contributed by atoms with van der Waals surface area (Å²) in [4.78, 5) is 12.0. The van der Waals surface area contributed by atoms with Crippen LogP contribution in [0.4, 0.5) is 0 Å². The maximum Gasteiger partial charge on any atom is 0.291 e. The molecule has 21 heavy (non-hydrogen) atoms. The van der Waals surface area contributed by atoms with Crippen LogP contribution in [0, 0.1) is 3.57 Å². The van der Waals surface area contributed by atoms with E-state index in [1.54, 1.807) is 13.2 Å². The molecule has 7 nitrogen and oxygen atoms in total. The number of carbonyl (C=O) groups excluding carboxylic acids is 1. The maximum atomic E-state index is 12.0. The van der Waals surface area contributed by atoms with E-state index in [4.69, 9.17) is 0 Å². The van der Waals surface area contributed by atoms with E-state index in [1.165, 1.54) is 22.9 Å². The molecule has 0 radical (unpaired) electrons. The summed E-state index contributed by atoms with van der Waals surface area (Å²) < 4.78 is 2.24. The van der Waals surface area contributed by atoms with E-state index in [9.17, 15) is 15.0 Å². The third kappa shape index (κ3) is 3.45. The zero-order valence-corrected chi connectivity index (χ0v) is 13.2. The molecule has 1 heterocycles. The van der Waals surface area contributed by atoms with Gasteiger partial charge in [-0.05, 0) is 40.8 Å².